The van der Waals surface area contributed by atoms with Gasteiger partial charge in [0, 0.05) is 23.6 Å². The molecule has 5 nitrogen and oxygen atoms in total. The first-order valence-electron chi connectivity index (χ1n) is 4.71. The summed E-state index contributed by atoms with van der Waals surface area (Å²) in [5.41, 5.74) is 1.35. The van der Waals surface area contributed by atoms with Crippen LogP contribution in [0.15, 0.2) is 34.2 Å². The first kappa shape index (κ1) is 13.0. The second-order valence-electron chi connectivity index (χ2n) is 3.41. The largest absolute Gasteiger partial charge is 0.224 e. The minimum atomic E-state index is -3.20. The molecule has 0 saturated heterocycles. The molecule has 0 radical (unpaired) electrons. The summed E-state index contributed by atoms with van der Waals surface area (Å²) < 4.78 is 30.8. The third kappa shape index (κ3) is 2.69. The lowest BCUT2D eigenvalue weighted by molar-refractivity contribution is 0.602. The molecule has 1 aromatic carbocycles. The van der Waals surface area contributed by atoms with E-state index in [1.807, 2.05) is 5.40 Å². The van der Waals surface area contributed by atoms with E-state index in [1.165, 1.54) is 12.1 Å². The summed E-state index contributed by atoms with van der Waals surface area (Å²) in [6.07, 6.45) is 1.16. The number of rotatable bonds is 3. The summed E-state index contributed by atoms with van der Waals surface area (Å²) >= 11 is 1.96. The number of nitrogens with zero attached hydrogens (tertiary/aromatic N) is 3. The van der Waals surface area contributed by atoms with Gasteiger partial charge in [0.15, 0.2) is 14.9 Å². The van der Waals surface area contributed by atoms with E-state index in [1.54, 1.807) is 12.1 Å². The zero-order chi connectivity index (χ0) is 13.2. The van der Waals surface area contributed by atoms with Gasteiger partial charge in [-0.2, -0.15) is 14.0 Å². The van der Waals surface area contributed by atoms with E-state index in [9.17, 15) is 8.42 Å². The number of nitriles is 1. The molecule has 2 aromatic rings. The number of thioether (sulfide) groups is 1. The van der Waals surface area contributed by atoms with Gasteiger partial charge in [-0.15, -0.1) is 0 Å². The van der Waals surface area contributed by atoms with Crippen molar-refractivity contribution in [2.75, 3.05) is 6.26 Å². The van der Waals surface area contributed by atoms with E-state index in [2.05, 4.69) is 8.75 Å². The fourth-order valence-electron chi connectivity index (χ4n) is 1.33. The molecule has 0 aliphatic carbocycles. The molecule has 2 rings (SSSR count). The van der Waals surface area contributed by atoms with Crippen LogP contribution in [-0.4, -0.2) is 23.4 Å². The second-order valence-corrected chi connectivity index (χ2v) is 6.73. The zero-order valence-electron chi connectivity index (χ0n) is 9.19. The van der Waals surface area contributed by atoms with Crippen molar-refractivity contribution in [3.63, 3.8) is 0 Å². The molecule has 1 heterocycles. The van der Waals surface area contributed by atoms with Gasteiger partial charge in [-0.25, -0.2) is 8.42 Å². The van der Waals surface area contributed by atoms with Crippen LogP contribution in [0, 0.1) is 10.7 Å². The molecule has 0 spiro atoms. The molecule has 0 fully saturated rings. The van der Waals surface area contributed by atoms with Crippen LogP contribution in [0.3, 0.4) is 0 Å². The Hall–Kier alpha value is -1.43. The van der Waals surface area contributed by atoms with Gasteiger partial charge in [0.1, 0.15) is 11.1 Å². The van der Waals surface area contributed by atoms with Crippen LogP contribution in [0.2, 0.25) is 0 Å². The third-order valence-electron chi connectivity index (χ3n) is 2.16. The predicted molar refractivity (Wildman–Crippen MR) is 69.9 cm³/mol. The summed E-state index contributed by atoms with van der Waals surface area (Å²) in [7, 11) is -3.20. The molecule has 0 aliphatic heterocycles. The van der Waals surface area contributed by atoms with Crippen molar-refractivity contribution < 1.29 is 8.42 Å². The van der Waals surface area contributed by atoms with Gasteiger partial charge in [-0.3, -0.25) is 0 Å². The number of benzene rings is 1. The molecular weight excluding hydrogens is 290 g/mol. The van der Waals surface area contributed by atoms with E-state index in [0.717, 1.165) is 35.3 Å². The van der Waals surface area contributed by atoms with Gasteiger partial charge >= 0.3 is 0 Å². The SMILES string of the molecule is CS(=O)(=O)c1ccc(-c2nsnc2SC#N)cc1. The van der Waals surface area contributed by atoms with Crippen molar-refractivity contribution in [1.29, 1.82) is 5.26 Å². The van der Waals surface area contributed by atoms with Crippen LogP contribution >= 0.6 is 23.5 Å². The molecule has 1 aromatic heterocycles. The molecule has 0 saturated carbocycles. The van der Waals surface area contributed by atoms with Gasteiger partial charge in [-0.1, -0.05) is 12.1 Å². The van der Waals surface area contributed by atoms with E-state index in [0.29, 0.717) is 10.7 Å². The van der Waals surface area contributed by atoms with E-state index >= 15 is 0 Å². The number of thiocyanates is 1. The average molecular weight is 297 g/mol. The number of aromatic nitrogens is 2. The van der Waals surface area contributed by atoms with Gasteiger partial charge < -0.3 is 0 Å². The van der Waals surface area contributed by atoms with Crippen LogP contribution in [0.4, 0.5) is 0 Å². The average Bonchev–Trinajstić information content (AvgIpc) is 2.77. The highest BCUT2D eigenvalue weighted by Gasteiger charge is 2.12. The Morgan fingerprint density at radius 2 is 1.94 bits per heavy atom. The summed E-state index contributed by atoms with van der Waals surface area (Å²) in [6.45, 7) is 0. The maximum absolute atomic E-state index is 11.3. The van der Waals surface area contributed by atoms with Crippen LogP contribution in [-0.2, 0) is 9.84 Å². The first-order chi connectivity index (χ1) is 8.52. The van der Waals surface area contributed by atoms with Crippen molar-refractivity contribution in [3.8, 4) is 16.7 Å². The summed E-state index contributed by atoms with van der Waals surface area (Å²) in [6, 6.07) is 6.36. The van der Waals surface area contributed by atoms with Crippen molar-refractivity contribution >= 4 is 33.3 Å². The standard InChI is InChI=1S/C10H7N3O2S3/c1-18(14,15)8-4-2-7(3-5-8)9-10(16-6-11)13-17-12-9/h2-5H,1H3. The highest BCUT2D eigenvalue weighted by atomic mass is 32.2. The first-order valence-corrected chi connectivity index (χ1v) is 8.15. The van der Waals surface area contributed by atoms with Crippen molar-refractivity contribution in [2.24, 2.45) is 0 Å². The maximum atomic E-state index is 11.3. The smallest absolute Gasteiger partial charge is 0.175 e. The number of hydrogen-bond acceptors (Lipinski definition) is 7. The third-order valence-corrected chi connectivity index (χ3v) is 4.50. The molecule has 18 heavy (non-hydrogen) atoms. The second kappa shape index (κ2) is 5.06. The molecule has 92 valence electrons. The summed E-state index contributed by atoms with van der Waals surface area (Å²) in [5.74, 6) is 0. The van der Waals surface area contributed by atoms with Crippen LogP contribution in [0.5, 0.6) is 0 Å². The van der Waals surface area contributed by atoms with E-state index < -0.39 is 9.84 Å². The molecule has 0 N–H and O–H groups in total. The van der Waals surface area contributed by atoms with Gasteiger partial charge in [0.2, 0.25) is 0 Å². The minimum absolute atomic E-state index is 0.254. The van der Waals surface area contributed by atoms with Crippen LogP contribution in [0.1, 0.15) is 0 Å². The number of sulfone groups is 1. The Morgan fingerprint density at radius 1 is 1.28 bits per heavy atom. The Balaban J connectivity index is 2.41. The number of hydrogen-bond donors (Lipinski definition) is 0. The van der Waals surface area contributed by atoms with Gasteiger partial charge in [0.05, 0.1) is 16.6 Å². The molecule has 0 atom stereocenters. The molecular formula is C10H7N3O2S3. The fourth-order valence-corrected chi connectivity index (χ4v) is 3.09. The highest BCUT2D eigenvalue weighted by molar-refractivity contribution is 8.03. The Bertz CT molecular complexity index is 699. The van der Waals surface area contributed by atoms with Crippen LogP contribution < -0.4 is 0 Å². The zero-order valence-corrected chi connectivity index (χ0v) is 11.6. The Kier molecular flexibility index (Phi) is 3.65. The Morgan fingerprint density at radius 3 is 2.50 bits per heavy atom. The monoisotopic (exact) mass is 297 g/mol. The fraction of sp³-hybridized carbons (Fsp3) is 0.100. The summed E-state index contributed by atoms with van der Waals surface area (Å²) in [4.78, 5) is 0.254. The minimum Gasteiger partial charge on any atom is -0.224 e. The van der Waals surface area contributed by atoms with Gasteiger partial charge in [0.25, 0.3) is 0 Å². The molecule has 8 heteroatoms. The lowest BCUT2D eigenvalue weighted by atomic mass is 10.2. The van der Waals surface area contributed by atoms with Gasteiger partial charge in [-0.05, 0) is 12.1 Å². The molecule has 0 unspecified atom stereocenters. The van der Waals surface area contributed by atoms with Crippen molar-refractivity contribution in [1.82, 2.24) is 8.75 Å². The van der Waals surface area contributed by atoms with Crippen molar-refractivity contribution in [2.45, 2.75) is 9.92 Å². The normalized spacial score (nSPS) is 11.1. The highest BCUT2D eigenvalue weighted by Crippen LogP contribution is 2.29. The van der Waals surface area contributed by atoms with E-state index in [4.69, 9.17) is 5.26 Å². The molecule has 0 bridgehead atoms. The molecule has 0 amide bonds. The van der Waals surface area contributed by atoms with Crippen LogP contribution in [0.25, 0.3) is 11.3 Å². The Labute approximate surface area is 113 Å². The lowest BCUT2D eigenvalue weighted by Gasteiger charge is -2.00. The topological polar surface area (TPSA) is 83.7 Å². The maximum Gasteiger partial charge on any atom is 0.175 e. The van der Waals surface area contributed by atoms with Crippen molar-refractivity contribution in [3.05, 3.63) is 24.3 Å². The quantitative estimate of drug-likeness (QED) is 0.638. The molecule has 0 aliphatic rings. The summed E-state index contributed by atoms with van der Waals surface area (Å²) in [5, 5.41) is 11.1. The lowest BCUT2D eigenvalue weighted by Crippen LogP contribution is -1.96. The van der Waals surface area contributed by atoms with E-state index in [-0.39, 0.29) is 4.90 Å². The predicted octanol–water partition coefficient (Wildman–Crippen LogP) is 2.18.